The Hall–Kier alpha value is -1.26. The standard InChI is InChI=1S/C18H28O3/c1-4-6-7-8-12-15-18(21-3)17(20)14-11-9-10-13-16(19)5-2/h5,16-20H,2,4,6-8,12,14-15H2,1,3H3/t16-,17+,18+/m1/s1. The Balaban J connectivity index is 4.03. The minimum atomic E-state index is -0.848. The molecule has 0 aromatic rings. The molecule has 3 heteroatoms. The molecular weight excluding hydrogens is 264 g/mol. The molecule has 21 heavy (non-hydrogen) atoms. The zero-order chi connectivity index (χ0) is 15.9. The predicted molar refractivity (Wildman–Crippen MR) is 86.6 cm³/mol. The van der Waals surface area contributed by atoms with Crippen LogP contribution in [-0.4, -0.2) is 35.6 Å². The third-order valence-electron chi connectivity index (χ3n) is 3.23. The van der Waals surface area contributed by atoms with Crippen molar-refractivity contribution >= 4 is 0 Å². The first-order valence-electron chi connectivity index (χ1n) is 7.65. The number of unbranched alkanes of at least 4 members (excludes halogenated alkanes) is 4. The fourth-order valence-electron chi connectivity index (χ4n) is 1.92. The Morgan fingerprint density at radius 2 is 1.86 bits per heavy atom. The maximum absolute atomic E-state index is 10.0. The van der Waals surface area contributed by atoms with Crippen molar-refractivity contribution in [3.8, 4) is 23.7 Å². The second-order valence-electron chi connectivity index (χ2n) is 5.00. The van der Waals surface area contributed by atoms with Crippen LogP contribution < -0.4 is 0 Å². The van der Waals surface area contributed by atoms with E-state index in [1.54, 1.807) is 7.11 Å². The highest BCUT2D eigenvalue weighted by molar-refractivity contribution is 5.28. The summed E-state index contributed by atoms with van der Waals surface area (Å²) in [5, 5.41) is 19.1. The van der Waals surface area contributed by atoms with Crippen molar-refractivity contribution in [3.05, 3.63) is 12.7 Å². The molecule has 0 bridgehead atoms. The van der Waals surface area contributed by atoms with Gasteiger partial charge in [0.1, 0.15) is 6.10 Å². The molecule has 3 nitrogen and oxygen atoms in total. The van der Waals surface area contributed by atoms with E-state index in [1.165, 1.54) is 31.8 Å². The molecule has 3 atom stereocenters. The van der Waals surface area contributed by atoms with E-state index in [1.807, 2.05) is 0 Å². The average Bonchev–Trinajstić information content (AvgIpc) is 2.50. The molecule has 0 aliphatic rings. The zero-order valence-corrected chi connectivity index (χ0v) is 13.3. The van der Waals surface area contributed by atoms with Crippen LogP contribution >= 0.6 is 0 Å². The number of ether oxygens (including phenoxy) is 1. The fraction of sp³-hybridized carbons (Fsp3) is 0.667. The molecular formula is C18H28O3. The van der Waals surface area contributed by atoms with Crippen molar-refractivity contribution in [2.45, 2.75) is 70.2 Å². The first-order chi connectivity index (χ1) is 10.2. The lowest BCUT2D eigenvalue weighted by Crippen LogP contribution is -2.27. The van der Waals surface area contributed by atoms with Crippen LogP contribution in [0.15, 0.2) is 12.7 Å². The molecule has 118 valence electrons. The lowest BCUT2D eigenvalue weighted by Gasteiger charge is -2.19. The van der Waals surface area contributed by atoms with Gasteiger partial charge in [0.05, 0.1) is 12.2 Å². The van der Waals surface area contributed by atoms with Gasteiger partial charge < -0.3 is 14.9 Å². The van der Waals surface area contributed by atoms with Crippen molar-refractivity contribution in [1.29, 1.82) is 0 Å². The second-order valence-corrected chi connectivity index (χ2v) is 5.00. The molecule has 0 saturated heterocycles. The maximum Gasteiger partial charge on any atom is 0.134 e. The van der Waals surface area contributed by atoms with Crippen LogP contribution in [0.5, 0.6) is 0 Å². The molecule has 0 aromatic carbocycles. The summed E-state index contributed by atoms with van der Waals surface area (Å²) in [5.41, 5.74) is 0. The predicted octanol–water partition coefficient (Wildman–Crippen LogP) is 2.67. The fourth-order valence-corrected chi connectivity index (χ4v) is 1.92. The van der Waals surface area contributed by atoms with Crippen molar-refractivity contribution < 1.29 is 14.9 Å². The van der Waals surface area contributed by atoms with Gasteiger partial charge in [-0.05, 0) is 18.3 Å². The molecule has 0 saturated carbocycles. The van der Waals surface area contributed by atoms with Crippen molar-refractivity contribution in [2.24, 2.45) is 0 Å². The normalized spacial score (nSPS) is 14.1. The van der Waals surface area contributed by atoms with Gasteiger partial charge in [-0.15, -0.1) is 0 Å². The van der Waals surface area contributed by atoms with E-state index < -0.39 is 12.2 Å². The minimum absolute atomic E-state index is 0.173. The van der Waals surface area contributed by atoms with Crippen molar-refractivity contribution in [3.63, 3.8) is 0 Å². The largest absolute Gasteiger partial charge is 0.389 e. The number of aliphatic hydroxyl groups is 2. The van der Waals surface area contributed by atoms with E-state index >= 15 is 0 Å². The molecule has 0 aliphatic carbocycles. The molecule has 0 spiro atoms. The third kappa shape index (κ3) is 11.1. The van der Waals surface area contributed by atoms with E-state index in [-0.39, 0.29) is 6.10 Å². The van der Waals surface area contributed by atoms with Gasteiger partial charge in [-0.1, -0.05) is 63.5 Å². The van der Waals surface area contributed by atoms with E-state index in [0.29, 0.717) is 6.42 Å². The van der Waals surface area contributed by atoms with Crippen LogP contribution in [0.1, 0.15) is 51.9 Å². The van der Waals surface area contributed by atoms with Gasteiger partial charge in [0.2, 0.25) is 0 Å². The highest BCUT2D eigenvalue weighted by atomic mass is 16.5. The number of hydrogen-bond acceptors (Lipinski definition) is 3. The highest BCUT2D eigenvalue weighted by Gasteiger charge is 2.16. The average molecular weight is 292 g/mol. The quantitative estimate of drug-likeness (QED) is 0.370. The summed E-state index contributed by atoms with van der Waals surface area (Å²) in [6.45, 7) is 5.60. The maximum atomic E-state index is 10.0. The Labute approximate surface area is 129 Å². The number of hydrogen-bond donors (Lipinski definition) is 2. The van der Waals surface area contributed by atoms with Crippen LogP contribution in [0.25, 0.3) is 0 Å². The van der Waals surface area contributed by atoms with Gasteiger partial charge in [-0.3, -0.25) is 0 Å². The van der Waals surface area contributed by atoms with Crippen molar-refractivity contribution in [1.82, 2.24) is 0 Å². The second kappa shape index (κ2) is 13.7. The molecule has 0 fully saturated rings. The summed E-state index contributed by atoms with van der Waals surface area (Å²) in [7, 11) is 1.62. The van der Waals surface area contributed by atoms with E-state index in [4.69, 9.17) is 9.84 Å². The highest BCUT2D eigenvalue weighted by Crippen LogP contribution is 2.13. The van der Waals surface area contributed by atoms with Gasteiger partial charge in [0.15, 0.2) is 0 Å². The van der Waals surface area contributed by atoms with Crippen LogP contribution in [-0.2, 0) is 4.74 Å². The summed E-state index contributed by atoms with van der Waals surface area (Å²) >= 11 is 0. The Kier molecular flexibility index (Phi) is 12.9. The first-order valence-corrected chi connectivity index (χ1v) is 7.65. The minimum Gasteiger partial charge on any atom is -0.389 e. The van der Waals surface area contributed by atoms with Crippen LogP contribution in [0.2, 0.25) is 0 Å². The van der Waals surface area contributed by atoms with Crippen LogP contribution in [0.4, 0.5) is 0 Å². The van der Waals surface area contributed by atoms with Gasteiger partial charge in [0, 0.05) is 13.5 Å². The Morgan fingerprint density at radius 1 is 1.14 bits per heavy atom. The summed E-state index contributed by atoms with van der Waals surface area (Å²) in [6.07, 6.45) is 6.87. The van der Waals surface area contributed by atoms with Crippen LogP contribution in [0, 0.1) is 23.7 Å². The summed E-state index contributed by atoms with van der Waals surface area (Å²) < 4.78 is 5.32. The van der Waals surface area contributed by atoms with E-state index in [9.17, 15) is 5.11 Å². The smallest absolute Gasteiger partial charge is 0.134 e. The molecule has 0 unspecified atom stereocenters. The van der Waals surface area contributed by atoms with E-state index in [2.05, 4.69) is 37.2 Å². The van der Waals surface area contributed by atoms with Crippen molar-refractivity contribution in [2.75, 3.05) is 7.11 Å². The number of methoxy groups -OCH3 is 1. The molecule has 0 amide bonds. The Morgan fingerprint density at radius 3 is 2.48 bits per heavy atom. The lowest BCUT2D eigenvalue weighted by molar-refractivity contribution is -0.0146. The van der Waals surface area contributed by atoms with Crippen LogP contribution in [0.3, 0.4) is 0 Å². The summed E-state index contributed by atoms with van der Waals surface area (Å²) in [6, 6.07) is 0. The van der Waals surface area contributed by atoms with Gasteiger partial charge in [0.25, 0.3) is 0 Å². The molecule has 2 N–H and O–H groups in total. The number of rotatable bonds is 10. The molecule has 0 radical (unpaired) electrons. The molecule has 0 aromatic heterocycles. The number of aliphatic hydroxyl groups excluding tert-OH is 2. The SMILES string of the molecule is C=C[C@@H](O)C#CC#CC[C@H](O)[C@H](CCCCCCC)OC. The zero-order valence-electron chi connectivity index (χ0n) is 13.3. The molecule has 0 aliphatic heterocycles. The molecule has 0 heterocycles. The van der Waals surface area contributed by atoms with Gasteiger partial charge >= 0.3 is 0 Å². The summed E-state index contributed by atoms with van der Waals surface area (Å²) in [5.74, 6) is 10.4. The molecule has 0 rings (SSSR count). The first kappa shape index (κ1) is 19.7. The van der Waals surface area contributed by atoms with Gasteiger partial charge in [-0.2, -0.15) is 0 Å². The topological polar surface area (TPSA) is 49.7 Å². The monoisotopic (exact) mass is 292 g/mol. The Bertz CT molecular complexity index is 381. The van der Waals surface area contributed by atoms with E-state index in [0.717, 1.165) is 12.8 Å². The summed E-state index contributed by atoms with van der Waals surface area (Å²) in [4.78, 5) is 0. The van der Waals surface area contributed by atoms with Gasteiger partial charge in [-0.25, -0.2) is 0 Å². The third-order valence-corrected chi connectivity index (χ3v) is 3.23. The lowest BCUT2D eigenvalue weighted by atomic mass is 10.0.